The molecule has 0 saturated heterocycles. The molecule has 0 amide bonds. The molecule has 0 fully saturated rings. The fourth-order valence-corrected chi connectivity index (χ4v) is 22.2. The fourth-order valence-electron chi connectivity index (χ4n) is 22.2. The van der Waals surface area contributed by atoms with Gasteiger partial charge in [-0.2, -0.15) is 0 Å². The molecule has 29 aromatic rings. The van der Waals surface area contributed by atoms with E-state index in [2.05, 4.69) is 567 Å². The van der Waals surface area contributed by atoms with Gasteiger partial charge in [-0.1, -0.05) is 364 Å². The van der Waals surface area contributed by atoms with Gasteiger partial charge < -0.3 is 22.8 Å². The summed E-state index contributed by atoms with van der Waals surface area (Å²) in [4.78, 5) is 5.32. The van der Waals surface area contributed by atoms with Crippen LogP contribution in [0.3, 0.4) is 0 Å². The zero-order chi connectivity index (χ0) is 93.7. The van der Waals surface area contributed by atoms with Crippen LogP contribution in [-0.4, -0.2) is 32.4 Å². The molecule has 0 atom stereocenters. The van der Waals surface area contributed by atoms with Crippen LogP contribution in [0.1, 0.15) is 0 Å². The Morgan fingerprint density at radius 2 is 0.359 bits per heavy atom. The minimum absolute atomic E-state index is 0.900. The van der Waals surface area contributed by atoms with Crippen LogP contribution in [0.15, 0.2) is 540 Å². The van der Waals surface area contributed by atoms with Gasteiger partial charge >= 0.3 is 0 Å². The molecule has 7 nitrogen and oxygen atoms in total. The number of hydrogen-bond acceptors (Lipinski definition) is 1. The average Bonchev–Trinajstić information content (AvgIpc) is 1.58. The van der Waals surface area contributed by atoms with Gasteiger partial charge in [-0.05, 0) is 248 Å². The van der Waals surface area contributed by atoms with E-state index in [9.17, 15) is 0 Å². The van der Waals surface area contributed by atoms with Gasteiger partial charge in [0.25, 0.3) is 0 Å². The zero-order valence-corrected chi connectivity index (χ0v) is 77.5. The molecule has 0 radical (unpaired) electrons. The second kappa shape index (κ2) is 34.7. The Balaban J connectivity index is 0.000000108. The Kier molecular flexibility index (Phi) is 20.2. The monoisotopic (exact) mass is 1810 g/mol. The van der Waals surface area contributed by atoms with Gasteiger partial charge in [-0.3, -0.25) is 4.57 Å². The summed E-state index contributed by atoms with van der Waals surface area (Å²) in [7, 11) is 0. The quantitative estimate of drug-likeness (QED) is 0.113. The molecule has 7 heterocycles. The molecule has 0 bridgehead atoms. The smallest absolute Gasteiger partial charge is 0.138 e. The van der Waals surface area contributed by atoms with Crippen LogP contribution in [-0.2, 0) is 0 Å². The first kappa shape index (κ1) is 82.5. The molecule has 0 aliphatic rings. The first-order valence-electron chi connectivity index (χ1n) is 48.7. The molecule has 29 rings (SSSR count). The molecule has 22 aromatic carbocycles. The molecule has 7 aromatic heterocycles. The molecule has 142 heavy (non-hydrogen) atoms. The van der Waals surface area contributed by atoms with Crippen LogP contribution in [0.2, 0.25) is 0 Å². The highest BCUT2D eigenvalue weighted by molar-refractivity contribution is 6.18. The Morgan fingerprint density at radius 3 is 0.754 bits per heavy atom. The van der Waals surface area contributed by atoms with Gasteiger partial charge in [0.1, 0.15) is 5.82 Å². The number of pyridine rings is 1. The Labute approximate surface area is 820 Å². The average molecular weight is 1810 g/mol. The van der Waals surface area contributed by atoms with Crippen LogP contribution < -0.4 is 0 Å². The van der Waals surface area contributed by atoms with E-state index in [-0.39, 0.29) is 0 Å². The first-order chi connectivity index (χ1) is 70.4. The van der Waals surface area contributed by atoms with Crippen molar-refractivity contribution in [3.8, 4) is 112 Å². The molecule has 664 valence electrons. The van der Waals surface area contributed by atoms with Gasteiger partial charge in [0, 0.05) is 98.3 Å². The number of benzene rings is 22. The maximum absolute atomic E-state index is 5.32. The van der Waals surface area contributed by atoms with E-state index in [1.165, 1.54) is 209 Å². The van der Waals surface area contributed by atoms with Crippen LogP contribution in [0, 0.1) is 0 Å². The minimum Gasteiger partial charge on any atom is -0.309 e. The minimum atomic E-state index is 0.900. The SMILES string of the molecule is c1ccc(-c2cc(-c3ccccc3)nc(-n3c4ccccc4c4cc(-c5ccc6c(c5)c5ccccc5n6-c5cccc6ccccc56)ccc43)c2)cc1.c1ccc(-c2ccc(-n3c4ccccc4c4cc(-c5ccc6c(c5)c5ccccc5n6-c5cccc(-c6ccccc6)c5)ccc43)cc2)cc1.c1ccc(-n2c3ccccc3c3cc(-c4ccc5c(c4)c4ccccc4n5-c4ccccc4)ccc32)cc1. The molecule has 0 aliphatic carbocycles. The summed E-state index contributed by atoms with van der Waals surface area (Å²) in [5, 5.41) is 17.5. The highest BCUT2D eigenvalue weighted by Crippen LogP contribution is 2.46. The number of rotatable bonds is 13. The third-order valence-electron chi connectivity index (χ3n) is 28.7. The highest BCUT2D eigenvalue weighted by Gasteiger charge is 2.24. The lowest BCUT2D eigenvalue weighted by Crippen LogP contribution is -2.00. The van der Waals surface area contributed by atoms with E-state index in [0.717, 1.165) is 45.0 Å². The number of nitrogens with zero attached hydrogens (tertiary/aromatic N) is 7. The number of fused-ring (bicyclic) bond motifs is 19. The summed E-state index contributed by atoms with van der Waals surface area (Å²) in [5.74, 6) is 0.900. The van der Waals surface area contributed by atoms with E-state index in [1.807, 2.05) is 0 Å². The summed E-state index contributed by atoms with van der Waals surface area (Å²) in [6.07, 6.45) is 0. The molecule has 0 N–H and O–H groups in total. The van der Waals surface area contributed by atoms with E-state index in [1.54, 1.807) is 0 Å². The maximum atomic E-state index is 5.32. The lowest BCUT2D eigenvalue weighted by atomic mass is 10.0. The van der Waals surface area contributed by atoms with Crippen LogP contribution >= 0.6 is 0 Å². The molecular weight excluding hydrogens is 1720 g/mol. The van der Waals surface area contributed by atoms with E-state index < -0.39 is 0 Å². The van der Waals surface area contributed by atoms with Gasteiger partial charge in [0.15, 0.2) is 0 Å². The summed E-state index contributed by atoms with van der Waals surface area (Å²) < 4.78 is 14.3. The summed E-state index contributed by atoms with van der Waals surface area (Å²) in [6, 6.07) is 195. The third kappa shape index (κ3) is 14.2. The largest absolute Gasteiger partial charge is 0.309 e. The van der Waals surface area contributed by atoms with E-state index >= 15 is 0 Å². The van der Waals surface area contributed by atoms with E-state index in [0.29, 0.717) is 0 Å². The predicted molar refractivity (Wildman–Crippen MR) is 599 cm³/mol. The maximum Gasteiger partial charge on any atom is 0.138 e. The normalized spacial score (nSPS) is 11.7. The van der Waals surface area contributed by atoms with Crippen molar-refractivity contribution in [1.29, 1.82) is 0 Å². The standard InChI is InChI=1S/C51H33N3.C48H32N2.C36H24N2/c1-3-14-34(15-4-1)39-32-45(36-17-5-2-6-18-36)52-51(33-39)54-48-24-12-10-22-42(48)44-31-38(27-29-50(44)54)37-26-28-49-43(30-37)41-21-9-11-23-47(41)53(49)46-25-13-19-35-16-7-8-20-40(35)46;1-3-12-33(13-4-1)35-22-26-39(27-23-35)49-45-20-9-7-18-41(45)43-31-37(24-28-47(43)49)38-25-29-48-44(32-38)42-19-8-10-21-46(42)50(48)40-17-11-16-36(30-40)34-14-5-2-6-15-34;1-3-11-27(12-4-1)37-33-17-9-7-15-29(33)31-23-25(19-21-35(31)37)26-20-22-36-32(24-26)30-16-8-10-18-34(30)38(36)28-13-5-2-6-14-28/h1-33H;1-32H;1-24H. The van der Waals surface area contributed by atoms with Crippen LogP contribution in [0.25, 0.3) is 254 Å². The molecule has 0 aliphatic heterocycles. The topological polar surface area (TPSA) is 42.5 Å². The van der Waals surface area contributed by atoms with Crippen molar-refractivity contribution < 1.29 is 0 Å². The molecule has 7 heteroatoms. The van der Waals surface area contributed by atoms with Crippen molar-refractivity contribution in [3.05, 3.63) is 540 Å². The molecule has 0 spiro atoms. The number of aromatic nitrogens is 7. The molecular formula is C135H89N7. The van der Waals surface area contributed by atoms with Crippen molar-refractivity contribution in [3.63, 3.8) is 0 Å². The van der Waals surface area contributed by atoms with Crippen molar-refractivity contribution in [2.75, 3.05) is 0 Å². The van der Waals surface area contributed by atoms with Gasteiger partial charge in [0.05, 0.1) is 77.6 Å². The predicted octanol–water partition coefficient (Wildman–Crippen LogP) is 35.9. The molecule has 0 unspecified atom stereocenters. The van der Waals surface area contributed by atoms with Gasteiger partial charge in [-0.25, -0.2) is 4.98 Å². The van der Waals surface area contributed by atoms with Crippen molar-refractivity contribution in [2.45, 2.75) is 0 Å². The van der Waals surface area contributed by atoms with Gasteiger partial charge in [0.2, 0.25) is 0 Å². The first-order valence-corrected chi connectivity index (χ1v) is 48.7. The van der Waals surface area contributed by atoms with E-state index in [4.69, 9.17) is 4.98 Å². The summed E-state index contributed by atoms with van der Waals surface area (Å²) in [6.45, 7) is 0. The number of para-hydroxylation sites is 8. The Bertz CT molecular complexity index is 9740. The van der Waals surface area contributed by atoms with Gasteiger partial charge in [-0.15, -0.1) is 0 Å². The van der Waals surface area contributed by atoms with Crippen molar-refractivity contribution in [1.82, 2.24) is 32.4 Å². The van der Waals surface area contributed by atoms with Crippen LogP contribution in [0.5, 0.6) is 0 Å². The van der Waals surface area contributed by atoms with Crippen molar-refractivity contribution in [2.24, 2.45) is 0 Å². The highest BCUT2D eigenvalue weighted by atomic mass is 15.1. The lowest BCUT2D eigenvalue weighted by molar-refractivity contribution is 1.08. The summed E-state index contributed by atoms with van der Waals surface area (Å²) in [5.41, 5.74) is 36.8. The zero-order valence-electron chi connectivity index (χ0n) is 77.5. The Hall–Kier alpha value is -19.0. The summed E-state index contributed by atoms with van der Waals surface area (Å²) >= 11 is 0. The lowest BCUT2D eigenvalue weighted by Gasteiger charge is -2.13. The second-order valence-corrected chi connectivity index (χ2v) is 36.8. The molecule has 0 saturated carbocycles. The van der Waals surface area contributed by atoms with Crippen LogP contribution in [0.4, 0.5) is 0 Å². The number of hydrogen-bond donors (Lipinski definition) is 0. The Morgan fingerprint density at radius 1 is 0.120 bits per heavy atom. The fraction of sp³-hybridized carbons (Fsp3) is 0. The second-order valence-electron chi connectivity index (χ2n) is 36.8. The van der Waals surface area contributed by atoms with Crippen molar-refractivity contribution >= 4 is 142 Å². The third-order valence-corrected chi connectivity index (χ3v) is 28.7.